The number of halogens is 1. The molecule has 0 spiro atoms. The maximum atomic E-state index is 13.9. The van der Waals surface area contributed by atoms with Crippen molar-refractivity contribution in [3.63, 3.8) is 0 Å². The molecule has 0 saturated heterocycles. The summed E-state index contributed by atoms with van der Waals surface area (Å²) in [5, 5.41) is 8.46. The molecule has 1 N–H and O–H groups in total. The highest BCUT2D eigenvalue weighted by Crippen LogP contribution is 2.46. The van der Waals surface area contributed by atoms with Gasteiger partial charge in [-0.15, -0.1) is 0 Å². The van der Waals surface area contributed by atoms with Gasteiger partial charge in [-0.05, 0) is 51.3 Å². The van der Waals surface area contributed by atoms with E-state index in [-0.39, 0.29) is 31.0 Å². The number of anilines is 1. The molecule has 0 bridgehead atoms. The molecule has 9 nitrogen and oxygen atoms in total. The Balaban J connectivity index is 1.64. The Labute approximate surface area is 235 Å². The van der Waals surface area contributed by atoms with E-state index in [0.717, 1.165) is 22.4 Å². The van der Waals surface area contributed by atoms with Crippen molar-refractivity contribution in [2.24, 2.45) is 5.16 Å². The lowest BCUT2D eigenvalue weighted by Gasteiger charge is -2.36. The number of para-hydroxylation sites is 1. The summed E-state index contributed by atoms with van der Waals surface area (Å²) in [6.45, 7) is 7.69. The molecule has 0 saturated carbocycles. The Bertz CT molecular complexity index is 1450. The Morgan fingerprint density at radius 2 is 2.08 bits per heavy atom. The molecule has 1 aromatic heterocycles. The number of benzene rings is 1. The molecule has 2 atom stereocenters. The Kier molecular flexibility index (Phi) is 7.17. The maximum Gasteiger partial charge on any atom is 0.355 e. The van der Waals surface area contributed by atoms with E-state index >= 15 is 0 Å². The fourth-order valence-electron chi connectivity index (χ4n) is 5.34. The number of hydrogen-bond acceptors (Lipinski definition) is 8. The first-order chi connectivity index (χ1) is 18.6. The van der Waals surface area contributed by atoms with Gasteiger partial charge in [0.25, 0.3) is 5.56 Å². The number of alkyl halides is 1. The highest BCUT2D eigenvalue weighted by Gasteiger charge is 2.51. The minimum Gasteiger partial charge on any atom is -0.457 e. The number of rotatable bonds is 7. The van der Waals surface area contributed by atoms with Gasteiger partial charge >= 0.3 is 11.9 Å². The number of pyridine rings is 1. The number of fused-ring (bicyclic) bond motifs is 5. The predicted molar refractivity (Wildman–Crippen MR) is 151 cm³/mol. The van der Waals surface area contributed by atoms with E-state index in [2.05, 4.69) is 26.4 Å². The zero-order valence-electron chi connectivity index (χ0n) is 22.5. The van der Waals surface area contributed by atoms with E-state index in [1.807, 2.05) is 51.1 Å². The topological polar surface area (TPSA) is 108 Å². The van der Waals surface area contributed by atoms with E-state index < -0.39 is 23.1 Å². The molecule has 206 valence electrons. The fourth-order valence-corrected chi connectivity index (χ4v) is 5.62. The number of carbonyl (C=O) groups is 2. The molecule has 3 aliphatic rings. The molecule has 0 fully saturated rings. The van der Waals surface area contributed by atoms with Crippen molar-refractivity contribution in [3.8, 4) is 0 Å². The quantitative estimate of drug-likeness (QED) is 0.208. The lowest BCUT2D eigenvalue weighted by atomic mass is 9.84. The van der Waals surface area contributed by atoms with Crippen LogP contribution in [0.3, 0.4) is 0 Å². The van der Waals surface area contributed by atoms with Crippen LogP contribution in [0, 0.1) is 0 Å². The van der Waals surface area contributed by atoms with Crippen LogP contribution < -0.4 is 10.9 Å². The molecule has 0 amide bonds. The second kappa shape index (κ2) is 10.3. The molecule has 1 unspecified atom stereocenters. The van der Waals surface area contributed by atoms with Crippen LogP contribution >= 0.6 is 15.9 Å². The van der Waals surface area contributed by atoms with E-state index in [0.29, 0.717) is 35.1 Å². The summed E-state index contributed by atoms with van der Waals surface area (Å²) in [5.41, 5.74) is 2.71. The number of esters is 2. The monoisotopic (exact) mass is 597 g/mol. The van der Waals surface area contributed by atoms with Crippen molar-refractivity contribution >= 4 is 45.3 Å². The normalized spacial score (nSPS) is 21.5. The van der Waals surface area contributed by atoms with E-state index in [9.17, 15) is 14.4 Å². The molecule has 4 heterocycles. The average Bonchev–Trinajstić information content (AvgIpc) is 3.27. The summed E-state index contributed by atoms with van der Waals surface area (Å²) < 4.78 is 13.0. The van der Waals surface area contributed by atoms with Gasteiger partial charge in [-0.2, -0.15) is 0 Å². The van der Waals surface area contributed by atoms with Crippen molar-refractivity contribution in [3.05, 3.63) is 68.6 Å². The molecule has 0 aliphatic carbocycles. The first-order valence-corrected chi connectivity index (χ1v) is 14.2. The summed E-state index contributed by atoms with van der Waals surface area (Å²) in [6.07, 6.45) is 2.56. The number of nitrogens with one attached hydrogen (secondary N) is 1. The molecule has 5 rings (SSSR count). The predicted octanol–water partition coefficient (Wildman–Crippen LogP) is 4.96. The molecule has 3 aliphatic heterocycles. The van der Waals surface area contributed by atoms with Crippen LogP contribution in [0.15, 0.2) is 45.9 Å². The Hall–Kier alpha value is -3.40. The van der Waals surface area contributed by atoms with E-state index in [1.165, 1.54) is 0 Å². The minimum absolute atomic E-state index is 0.146. The van der Waals surface area contributed by atoms with Gasteiger partial charge in [0.1, 0.15) is 12.2 Å². The summed E-state index contributed by atoms with van der Waals surface area (Å²) in [4.78, 5) is 45.4. The van der Waals surface area contributed by atoms with Gasteiger partial charge in [-0.1, -0.05) is 46.2 Å². The highest BCUT2D eigenvalue weighted by molar-refractivity contribution is 9.09. The summed E-state index contributed by atoms with van der Waals surface area (Å²) in [7, 11) is 0. The Morgan fingerprint density at radius 3 is 2.79 bits per heavy atom. The smallest absolute Gasteiger partial charge is 0.355 e. The van der Waals surface area contributed by atoms with Crippen LogP contribution in [0.4, 0.5) is 5.69 Å². The maximum absolute atomic E-state index is 13.9. The number of hydrogen-bond donors (Lipinski definition) is 1. The van der Waals surface area contributed by atoms with Gasteiger partial charge in [-0.3, -0.25) is 9.59 Å². The van der Waals surface area contributed by atoms with Crippen molar-refractivity contribution < 1.29 is 23.9 Å². The molecule has 2 aromatic rings. The number of oxime groups is 1. The molecule has 0 radical (unpaired) electrons. The standard InChI is InChI=1S/C29H32BrN3O6/c1-5-29(38-24(34)11-8-12-30)21-13-23-25-19(15-33(23)26(35)20(21)16-37-27(29)36)18(14-31-39-28(2,3)4)17-9-6-7-10-22(17)32-25/h6-7,9-10,13-14,25,32H,5,8,11-12,15-16H2,1-4H3/b31-14+/t25?,29-/m0/s1. The summed E-state index contributed by atoms with van der Waals surface area (Å²) in [5.74, 6) is -1.17. The number of carbonyl (C=O) groups excluding carboxylic acids is 2. The number of nitrogens with zero attached hydrogens (tertiary/aromatic N) is 2. The first kappa shape index (κ1) is 27.2. The van der Waals surface area contributed by atoms with Crippen molar-refractivity contribution in [2.45, 2.75) is 77.4 Å². The van der Waals surface area contributed by atoms with E-state index in [1.54, 1.807) is 17.7 Å². The average molecular weight is 598 g/mol. The lowest BCUT2D eigenvalue weighted by Crippen LogP contribution is -2.47. The molecule has 10 heteroatoms. The molecular formula is C29H32BrN3O6. The first-order valence-electron chi connectivity index (χ1n) is 13.1. The van der Waals surface area contributed by atoms with Crippen LogP contribution in [-0.2, 0) is 42.7 Å². The second-order valence-electron chi connectivity index (χ2n) is 10.9. The molecule has 39 heavy (non-hydrogen) atoms. The van der Waals surface area contributed by atoms with Gasteiger partial charge in [0.05, 0.1) is 24.4 Å². The van der Waals surface area contributed by atoms with Gasteiger partial charge < -0.3 is 24.2 Å². The second-order valence-corrected chi connectivity index (χ2v) is 11.7. The largest absolute Gasteiger partial charge is 0.457 e. The van der Waals surface area contributed by atoms with Gasteiger partial charge in [0.2, 0.25) is 5.60 Å². The van der Waals surface area contributed by atoms with Crippen LogP contribution in [-0.4, -0.2) is 33.7 Å². The third-order valence-corrected chi connectivity index (χ3v) is 7.75. The van der Waals surface area contributed by atoms with Crippen molar-refractivity contribution in [2.75, 3.05) is 10.6 Å². The molecule has 1 aromatic carbocycles. The number of aromatic nitrogens is 1. The van der Waals surface area contributed by atoms with Crippen LogP contribution in [0.2, 0.25) is 0 Å². The summed E-state index contributed by atoms with van der Waals surface area (Å²) >= 11 is 3.32. The summed E-state index contributed by atoms with van der Waals surface area (Å²) in [6, 6.07) is 9.36. The Morgan fingerprint density at radius 1 is 1.31 bits per heavy atom. The fraction of sp³-hybridized carbons (Fsp3) is 0.448. The number of allylic oxidation sites excluding steroid dienone is 1. The van der Waals surface area contributed by atoms with Crippen LogP contribution in [0.1, 0.15) is 75.4 Å². The zero-order chi connectivity index (χ0) is 27.9. The van der Waals surface area contributed by atoms with Crippen molar-refractivity contribution in [1.82, 2.24) is 4.57 Å². The van der Waals surface area contributed by atoms with Crippen LogP contribution in [0.5, 0.6) is 0 Å². The van der Waals surface area contributed by atoms with Crippen molar-refractivity contribution in [1.29, 1.82) is 0 Å². The van der Waals surface area contributed by atoms with Gasteiger partial charge in [-0.25, -0.2) is 4.79 Å². The third kappa shape index (κ3) is 4.79. The van der Waals surface area contributed by atoms with E-state index in [4.69, 9.17) is 14.3 Å². The van der Waals surface area contributed by atoms with Gasteiger partial charge in [0, 0.05) is 39.8 Å². The zero-order valence-corrected chi connectivity index (χ0v) is 24.1. The number of cyclic esters (lactones) is 1. The number of ether oxygens (including phenoxy) is 2. The molecular weight excluding hydrogens is 566 g/mol. The third-order valence-electron chi connectivity index (χ3n) is 7.19. The highest BCUT2D eigenvalue weighted by atomic mass is 79.9. The lowest BCUT2D eigenvalue weighted by molar-refractivity contribution is -0.189. The minimum atomic E-state index is -1.67. The SMILES string of the molecule is CC[C@@]1(OC(=O)CCCBr)C(=O)OCc2c1cc1n(c2=O)CC2=C(/C=N/OC(C)(C)C)c3ccccc3NC21. The van der Waals surface area contributed by atoms with Gasteiger partial charge in [0.15, 0.2) is 0 Å². The van der Waals surface area contributed by atoms with Crippen LogP contribution in [0.25, 0.3) is 5.57 Å².